The van der Waals surface area contributed by atoms with Crippen molar-refractivity contribution in [3.05, 3.63) is 27.7 Å². The SMILES string of the molecule is CC(CNCC1CCCO1)Oc1ccc(Cl)cc1Br. The predicted molar refractivity (Wildman–Crippen MR) is 81.1 cm³/mol. The van der Waals surface area contributed by atoms with Crippen molar-refractivity contribution in [1.82, 2.24) is 5.32 Å². The lowest BCUT2D eigenvalue weighted by Crippen LogP contribution is -2.34. The van der Waals surface area contributed by atoms with Gasteiger partial charge in [0.2, 0.25) is 0 Å². The Morgan fingerprint density at radius 1 is 1.58 bits per heavy atom. The molecule has 2 atom stereocenters. The highest BCUT2D eigenvalue weighted by Gasteiger charge is 2.15. The average Bonchev–Trinajstić information content (AvgIpc) is 2.86. The molecule has 0 spiro atoms. The fourth-order valence-electron chi connectivity index (χ4n) is 2.08. The minimum Gasteiger partial charge on any atom is -0.488 e. The largest absolute Gasteiger partial charge is 0.488 e. The second kappa shape index (κ2) is 7.48. The first-order valence-electron chi connectivity index (χ1n) is 6.59. The zero-order valence-electron chi connectivity index (χ0n) is 11.0. The molecule has 1 saturated heterocycles. The average molecular weight is 349 g/mol. The minimum absolute atomic E-state index is 0.0962. The van der Waals surface area contributed by atoms with Crippen LogP contribution in [0.3, 0.4) is 0 Å². The van der Waals surface area contributed by atoms with E-state index in [1.54, 1.807) is 0 Å². The molecule has 0 radical (unpaired) electrons. The summed E-state index contributed by atoms with van der Waals surface area (Å²) >= 11 is 9.35. The quantitative estimate of drug-likeness (QED) is 0.851. The molecule has 3 nitrogen and oxygen atoms in total. The zero-order chi connectivity index (χ0) is 13.7. The summed E-state index contributed by atoms with van der Waals surface area (Å²) in [5.74, 6) is 0.816. The zero-order valence-corrected chi connectivity index (χ0v) is 13.3. The molecule has 1 aliphatic heterocycles. The number of hydrogen-bond acceptors (Lipinski definition) is 3. The topological polar surface area (TPSA) is 30.5 Å². The molecule has 5 heteroatoms. The van der Waals surface area contributed by atoms with Gasteiger partial charge in [-0.2, -0.15) is 0 Å². The van der Waals surface area contributed by atoms with E-state index in [0.29, 0.717) is 11.1 Å². The van der Waals surface area contributed by atoms with Crippen LogP contribution in [-0.4, -0.2) is 31.9 Å². The molecule has 106 valence electrons. The van der Waals surface area contributed by atoms with E-state index in [1.807, 2.05) is 25.1 Å². The monoisotopic (exact) mass is 347 g/mol. The molecule has 2 unspecified atom stereocenters. The summed E-state index contributed by atoms with van der Waals surface area (Å²) in [7, 11) is 0. The van der Waals surface area contributed by atoms with Crippen LogP contribution in [0.15, 0.2) is 22.7 Å². The van der Waals surface area contributed by atoms with Gasteiger partial charge in [-0.1, -0.05) is 11.6 Å². The number of rotatable bonds is 6. The van der Waals surface area contributed by atoms with Crippen LogP contribution < -0.4 is 10.1 Å². The Morgan fingerprint density at radius 2 is 2.42 bits per heavy atom. The van der Waals surface area contributed by atoms with E-state index in [-0.39, 0.29) is 6.10 Å². The molecule has 1 fully saturated rings. The summed E-state index contributed by atoms with van der Waals surface area (Å²) in [5, 5.41) is 4.08. The molecule has 1 aliphatic rings. The maximum Gasteiger partial charge on any atom is 0.134 e. The van der Waals surface area contributed by atoms with Gasteiger partial charge in [0.15, 0.2) is 0 Å². The normalized spacial score (nSPS) is 20.5. The van der Waals surface area contributed by atoms with Gasteiger partial charge >= 0.3 is 0 Å². The van der Waals surface area contributed by atoms with Crippen LogP contribution in [0.2, 0.25) is 5.02 Å². The Kier molecular flexibility index (Phi) is 5.95. The highest BCUT2D eigenvalue weighted by Crippen LogP contribution is 2.28. The van der Waals surface area contributed by atoms with Crippen LogP contribution in [0.1, 0.15) is 19.8 Å². The van der Waals surface area contributed by atoms with Crippen LogP contribution in [0, 0.1) is 0 Å². The van der Waals surface area contributed by atoms with Crippen LogP contribution in [0.5, 0.6) is 5.75 Å². The fraction of sp³-hybridized carbons (Fsp3) is 0.571. The van der Waals surface area contributed by atoms with Gasteiger partial charge in [0.25, 0.3) is 0 Å². The molecule has 19 heavy (non-hydrogen) atoms. The van der Waals surface area contributed by atoms with Gasteiger partial charge in [-0.25, -0.2) is 0 Å². The smallest absolute Gasteiger partial charge is 0.134 e. The van der Waals surface area contributed by atoms with Crippen LogP contribution in [-0.2, 0) is 4.74 Å². The van der Waals surface area contributed by atoms with Crippen molar-refractivity contribution in [1.29, 1.82) is 0 Å². The summed E-state index contributed by atoms with van der Waals surface area (Å²) < 4.78 is 12.3. The molecule has 0 bridgehead atoms. The van der Waals surface area contributed by atoms with Crippen molar-refractivity contribution < 1.29 is 9.47 Å². The second-order valence-corrected chi connectivity index (χ2v) is 6.09. The van der Waals surface area contributed by atoms with E-state index < -0.39 is 0 Å². The third-order valence-electron chi connectivity index (χ3n) is 3.05. The van der Waals surface area contributed by atoms with Gasteiger partial charge in [0, 0.05) is 24.7 Å². The Morgan fingerprint density at radius 3 is 3.11 bits per heavy atom. The predicted octanol–water partition coefficient (Wildman–Crippen LogP) is 3.64. The van der Waals surface area contributed by atoms with Crippen molar-refractivity contribution in [3.63, 3.8) is 0 Å². The Balaban J connectivity index is 1.72. The number of hydrogen-bond donors (Lipinski definition) is 1. The second-order valence-electron chi connectivity index (χ2n) is 4.80. The van der Waals surface area contributed by atoms with Gasteiger partial charge in [0.05, 0.1) is 10.6 Å². The summed E-state index contributed by atoms with van der Waals surface area (Å²) in [6.45, 7) is 4.64. The van der Waals surface area contributed by atoms with E-state index in [4.69, 9.17) is 21.1 Å². The van der Waals surface area contributed by atoms with Crippen molar-refractivity contribution in [2.45, 2.75) is 32.0 Å². The molecular formula is C14H19BrClNO2. The molecule has 2 rings (SSSR count). The lowest BCUT2D eigenvalue weighted by atomic mass is 10.2. The maximum atomic E-state index is 5.90. The van der Waals surface area contributed by atoms with Crippen LogP contribution in [0.25, 0.3) is 0 Å². The van der Waals surface area contributed by atoms with Crippen LogP contribution in [0.4, 0.5) is 0 Å². The van der Waals surface area contributed by atoms with Crippen molar-refractivity contribution >= 4 is 27.5 Å². The van der Waals surface area contributed by atoms with Gasteiger partial charge in [-0.05, 0) is 53.9 Å². The van der Waals surface area contributed by atoms with E-state index in [1.165, 1.54) is 6.42 Å². The summed E-state index contributed by atoms with van der Waals surface area (Å²) in [6, 6.07) is 5.54. The van der Waals surface area contributed by atoms with Gasteiger partial charge in [0.1, 0.15) is 11.9 Å². The molecule has 1 aromatic carbocycles. The van der Waals surface area contributed by atoms with Gasteiger partial charge in [-0.3, -0.25) is 0 Å². The van der Waals surface area contributed by atoms with Gasteiger partial charge < -0.3 is 14.8 Å². The highest BCUT2D eigenvalue weighted by molar-refractivity contribution is 9.10. The summed E-state index contributed by atoms with van der Waals surface area (Å²) in [5.41, 5.74) is 0. The highest BCUT2D eigenvalue weighted by atomic mass is 79.9. The molecule has 1 heterocycles. The van der Waals surface area contributed by atoms with E-state index >= 15 is 0 Å². The fourth-order valence-corrected chi connectivity index (χ4v) is 2.86. The van der Waals surface area contributed by atoms with Gasteiger partial charge in [-0.15, -0.1) is 0 Å². The number of benzene rings is 1. The van der Waals surface area contributed by atoms with E-state index in [0.717, 1.165) is 36.3 Å². The first kappa shape index (κ1) is 15.1. The minimum atomic E-state index is 0.0962. The van der Waals surface area contributed by atoms with Crippen molar-refractivity contribution in [2.24, 2.45) is 0 Å². The van der Waals surface area contributed by atoms with Crippen LogP contribution >= 0.6 is 27.5 Å². The molecule has 0 aliphatic carbocycles. The first-order chi connectivity index (χ1) is 9.15. The standard InChI is InChI=1S/C14H19BrClNO2/c1-10(8-17-9-12-3-2-6-18-12)19-14-5-4-11(16)7-13(14)15/h4-5,7,10,12,17H,2-3,6,8-9H2,1H3. The van der Waals surface area contributed by atoms with E-state index in [9.17, 15) is 0 Å². The third-order valence-corrected chi connectivity index (χ3v) is 3.90. The molecule has 1 N–H and O–H groups in total. The number of ether oxygens (including phenoxy) is 2. The number of halogens is 2. The van der Waals surface area contributed by atoms with E-state index in [2.05, 4.69) is 21.2 Å². The summed E-state index contributed by atoms with van der Waals surface area (Å²) in [6.07, 6.45) is 2.80. The van der Waals surface area contributed by atoms with Crippen molar-refractivity contribution in [2.75, 3.05) is 19.7 Å². The number of nitrogens with one attached hydrogen (secondary N) is 1. The molecule has 1 aromatic rings. The Hall–Kier alpha value is -0.290. The summed E-state index contributed by atoms with van der Waals surface area (Å²) in [4.78, 5) is 0. The maximum absolute atomic E-state index is 5.90. The molecule has 0 saturated carbocycles. The molecule has 0 aromatic heterocycles. The third kappa shape index (κ3) is 4.95. The molecular weight excluding hydrogens is 330 g/mol. The lowest BCUT2D eigenvalue weighted by molar-refractivity contribution is 0.106. The lowest BCUT2D eigenvalue weighted by Gasteiger charge is -2.18. The molecule has 0 amide bonds. The van der Waals surface area contributed by atoms with Crippen molar-refractivity contribution in [3.8, 4) is 5.75 Å². The Bertz CT molecular complexity index is 410. The first-order valence-corrected chi connectivity index (χ1v) is 7.76. The Labute approximate surface area is 127 Å².